The second-order valence-corrected chi connectivity index (χ2v) is 12.2. The fourth-order valence-electron chi connectivity index (χ4n) is 5.66. The topological polar surface area (TPSA) is 169 Å². The molecule has 41 heavy (non-hydrogen) atoms. The number of rotatable bonds is 11. The molecule has 0 aliphatic carbocycles. The molecule has 12 heteroatoms. The standard InChI is InChI=1S/C29H41N7O5/c1-6-16(2)24(33-29(3,4)5)27(40)32-21-11-10-17-8-7-9-18-12-22(36(25(17)18)28(21)41)26(39)31-19(14-23(37)38)13-20-15-30-35-34-20/h7-9,15-16,19,21-22,24,33H,6,10-14H2,1-5H3,(H,31,39)(H,32,40)(H,37,38)(H,30,34,35)/t16-,19+,21?,22-,24-/m0/s1. The number of aromatic amines is 1. The number of aryl methyl sites for hydroxylation is 1. The first-order chi connectivity index (χ1) is 19.4. The first kappa shape index (κ1) is 30.2. The number of carboxylic acids is 1. The third kappa shape index (κ3) is 7.10. The molecule has 12 nitrogen and oxygen atoms in total. The molecular formula is C29H41N7O5. The minimum absolute atomic E-state index is 0.0418. The molecule has 1 unspecified atom stereocenters. The number of hydrogen-bond donors (Lipinski definition) is 5. The van der Waals surface area contributed by atoms with Crippen LogP contribution < -0.4 is 20.9 Å². The van der Waals surface area contributed by atoms with Crippen molar-refractivity contribution in [1.82, 2.24) is 31.4 Å². The van der Waals surface area contributed by atoms with Crippen molar-refractivity contribution in [2.24, 2.45) is 5.92 Å². The van der Waals surface area contributed by atoms with Gasteiger partial charge in [0.2, 0.25) is 17.7 Å². The van der Waals surface area contributed by atoms with Gasteiger partial charge < -0.3 is 21.1 Å². The van der Waals surface area contributed by atoms with Gasteiger partial charge in [0.15, 0.2) is 0 Å². The molecule has 1 aromatic carbocycles. The summed E-state index contributed by atoms with van der Waals surface area (Å²) < 4.78 is 0. The molecule has 0 saturated carbocycles. The number of H-pyrrole nitrogens is 1. The zero-order valence-corrected chi connectivity index (χ0v) is 24.4. The Bertz CT molecular complexity index is 1270. The molecule has 0 fully saturated rings. The first-order valence-corrected chi connectivity index (χ1v) is 14.3. The number of carbonyl (C=O) groups is 4. The summed E-state index contributed by atoms with van der Waals surface area (Å²) in [5.74, 6) is -2.06. The predicted molar refractivity (Wildman–Crippen MR) is 152 cm³/mol. The lowest BCUT2D eigenvalue weighted by molar-refractivity contribution is -0.138. The zero-order valence-electron chi connectivity index (χ0n) is 24.4. The molecule has 3 amide bonds. The van der Waals surface area contributed by atoms with Crippen molar-refractivity contribution in [1.29, 1.82) is 0 Å². The molecule has 2 aliphatic rings. The van der Waals surface area contributed by atoms with Gasteiger partial charge in [0.1, 0.15) is 12.1 Å². The van der Waals surface area contributed by atoms with E-state index in [1.807, 2.05) is 52.8 Å². The molecule has 2 aliphatic heterocycles. The maximum absolute atomic E-state index is 14.1. The fourth-order valence-corrected chi connectivity index (χ4v) is 5.66. The summed E-state index contributed by atoms with van der Waals surface area (Å²) in [4.78, 5) is 54.4. The molecule has 3 heterocycles. The van der Waals surface area contributed by atoms with Crippen molar-refractivity contribution in [2.75, 3.05) is 4.90 Å². The van der Waals surface area contributed by atoms with Crippen LogP contribution in [0, 0.1) is 5.92 Å². The maximum Gasteiger partial charge on any atom is 0.305 e. The molecule has 0 radical (unpaired) electrons. The van der Waals surface area contributed by atoms with Crippen molar-refractivity contribution >= 4 is 29.4 Å². The SMILES string of the molecule is CC[C@H](C)[C@H](NC(C)(C)C)C(=O)NC1CCc2cccc3c2N(C1=O)[C@H](C(=O)N[C@@H](CC(=O)O)Cc1cn[nH]n1)C3. The molecule has 1 aromatic heterocycles. The van der Waals surface area contributed by atoms with Crippen LogP contribution in [0.1, 0.15) is 70.7 Å². The maximum atomic E-state index is 14.1. The van der Waals surface area contributed by atoms with Crippen LogP contribution >= 0.6 is 0 Å². The smallest absolute Gasteiger partial charge is 0.305 e. The van der Waals surface area contributed by atoms with Crippen LogP contribution in [0.4, 0.5) is 5.69 Å². The van der Waals surface area contributed by atoms with Gasteiger partial charge in [-0.25, -0.2) is 0 Å². The van der Waals surface area contributed by atoms with Crippen LogP contribution in [0.25, 0.3) is 0 Å². The lowest BCUT2D eigenvalue weighted by Crippen LogP contribution is -2.60. The van der Waals surface area contributed by atoms with Gasteiger partial charge >= 0.3 is 5.97 Å². The molecule has 5 N–H and O–H groups in total. The Balaban J connectivity index is 1.58. The van der Waals surface area contributed by atoms with Crippen LogP contribution in [0.15, 0.2) is 24.4 Å². The number of para-hydroxylation sites is 1. The minimum Gasteiger partial charge on any atom is -0.481 e. The lowest BCUT2D eigenvalue weighted by atomic mass is 9.94. The highest BCUT2D eigenvalue weighted by Gasteiger charge is 2.45. The Kier molecular flexibility index (Phi) is 9.11. The number of aliphatic carboxylic acids is 1. The van der Waals surface area contributed by atoms with E-state index in [1.54, 1.807) is 0 Å². The number of amides is 3. The van der Waals surface area contributed by atoms with Gasteiger partial charge in [-0.1, -0.05) is 38.5 Å². The Morgan fingerprint density at radius 3 is 2.59 bits per heavy atom. The van der Waals surface area contributed by atoms with Crippen LogP contribution in [0.3, 0.4) is 0 Å². The second-order valence-electron chi connectivity index (χ2n) is 12.2. The van der Waals surface area contributed by atoms with E-state index in [2.05, 4.69) is 31.4 Å². The summed E-state index contributed by atoms with van der Waals surface area (Å²) in [6.07, 6.45) is 3.39. The molecule has 222 valence electrons. The highest BCUT2D eigenvalue weighted by Crippen LogP contribution is 2.39. The van der Waals surface area contributed by atoms with Gasteiger partial charge in [0, 0.05) is 24.4 Å². The number of anilines is 1. The van der Waals surface area contributed by atoms with Crippen molar-refractivity contribution < 1.29 is 24.3 Å². The number of aromatic nitrogens is 3. The third-order valence-corrected chi connectivity index (χ3v) is 7.80. The van der Waals surface area contributed by atoms with Crippen LogP contribution in [0.2, 0.25) is 0 Å². The van der Waals surface area contributed by atoms with Crippen molar-refractivity contribution in [3.63, 3.8) is 0 Å². The number of benzene rings is 1. The summed E-state index contributed by atoms with van der Waals surface area (Å²) >= 11 is 0. The molecule has 2 aromatic rings. The van der Waals surface area contributed by atoms with Gasteiger partial charge in [0.25, 0.3) is 0 Å². The molecule has 5 atom stereocenters. The molecular weight excluding hydrogens is 526 g/mol. The highest BCUT2D eigenvalue weighted by molar-refractivity contribution is 6.08. The Labute approximate surface area is 240 Å². The quantitative estimate of drug-likeness (QED) is 0.272. The van der Waals surface area contributed by atoms with Crippen molar-refractivity contribution in [2.45, 2.75) is 103 Å². The number of carbonyl (C=O) groups excluding carboxylic acids is 3. The monoisotopic (exact) mass is 567 g/mol. The predicted octanol–water partition coefficient (Wildman–Crippen LogP) is 1.50. The van der Waals surface area contributed by atoms with Crippen LogP contribution in [-0.4, -0.2) is 73.9 Å². The summed E-state index contributed by atoms with van der Waals surface area (Å²) in [7, 11) is 0. The van der Waals surface area contributed by atoms with E-state index in [0.29, 0.717) is 30.6 Å². The highest BCUT2D eigenvalue weighted by atomic mass is 16.4. The normalized spacial score (nSPS) is 20.5. The number of hydrogen-bond acceptors (Lipinski definition) is 7. The second kappa shape index (κ2) is 12.4. The summed E-state index contributed by atoms with van der Waals surface area (Å²) in [5, 5.41) is 28.9. The van der Waals surface area contributed by atoms with E-state index in [4.69, 9.17) is 0 Å². The molecule has 4 rings (SSSR count). The summed E-state index contributed by atoms with van der Waals surface area (Å²) in [6.45, 7) is 10.0. The number of nitrogens with one attached hydrogen (secondary N) is 4. The number of nitrogens with zero attached hydrogens (tertiary/aromatic N) is 3. The van der Waals surface area contributed by atoms with Crippen LogP contribution in [-0.2, 0) is 38.4 Å². The number of carboxylic acid groups (broad SMARTS) is 1. The Morgan fingerprint density at radius 1 is 1.22 bits per heavy atom. The Morgan fingerprint density at radius 2 is 1.95 bits per heavy atom. The van der Waals surface area contributed by atoms with E-state index in [1.165, 1.54) is 11.1 Å². The van der Waals surface area contributed by atoms with E-state index < -0.39 is 36.0 Å². The van der Waals surface area contributed by atoms with Crippen LogP contribution in [0.5, 0.6) is 0 Å². The summed E-state index contributed by atoms with van der Waals surface area (Å²) in [6, 6.07) is 2.86. The molecule has 0 bridgehead atoms. The van der Waals surface area contributed by atoms with E-state index >= 15 is 0 Å². The van der Waals surface area contributed by atoms with E-state index in [9.17, 15) is 24.3 Å². The minimum atomic E-state index is -1.07. The fraction of sp³-hybridized carbons (Fsp3) is 0.586. The van der Waals surface area contributed by atoms with Gasteiger partial charge in [-0.05, 0) is 50.7 Å². The zero-order chi connectivity index (χ0) is 29.9. The van der Waals surface area contributed by atoms with E-state index in [0.717, 1.165) is 17.5 Å². The van der Waals surface area contributed by atoms with Gasteiger partial charge in [0.05, 0.1) is 30.0 Å². The van der Waals surface area contributed by atoms with Gasteiger partial charge in [-0.3, -0.25) is 24.1 Å². The molecule has 0 saturated heterocycles. The Hall–Kier alpha value is -3.80. The molecule has 0 spiro atoms. The van der Waals surface area contributed by atoms with Crippen molar-refractivity contribution in [3.05, 3.63) is 41.2 Å². The first-order valence-electron chi connectivity index (χ1n) is 14.3. The van der Waals surface area contributed by atoms with Crippen molar-refractivity contribution in [3.8, 4) is 0 Å². The lowest BCUT2D eigenvalue weighted by Gasteiger charge is -2.33. The third-order valence-electron chi connectivity index (χ3n) is 7.80. The van der Waals surface area contributed by atoms with E-state index in [-0.39, 0.29) is 36.1 Å². The average Bonchev–Trinajstić information content (AvgIpc) is 3.52. The summed E-state index contributed by atoms with van der Waals surface area (Å²) in [5.41, 5.74) is 2.74. The average molecular weight is 568 g/mol. The largest absolute Gasteiger partial charge is 0.481 e. The van der Waals surface area contributed by atoms with Gasteiger partial charge in [-0.2, -0.15) is 15.4 Å². The van der Waals surface area contributed by atoms with Gasteiger partial charge in [-0.15, -0.1) is 0 Å².